The van der Waals surface area contributed by atoms with Gasteiger partial charge < -0.3 is 5.32 Å². The molecule has 0 unspecified atom stereocenters. The number of nitrogens with zero attached hydrogens (tertiary/aromatic N) is 4. The molecule has 4 rings (SSSR count). The van der Waals surface area contributed by atoms with Crippen molar-refractivity contribution < 1.29 is 4.79 Å². The predicted molar refractivity (Wildman–Crippen MR) is 136 cm³/mol. The first-order valence-corrected chi connectivity index (χ1v) is 12.5. The van der Waals surface area contributed by atoms with E-state index in [0.717, 1.165) is 11.1 Å². The standard InChI is InChI=1S/C25H26ClN5O2S/c1-3-31-23-22(17(2)29-31)28-25(30(24(23)33)14-13-18-7-5-4-6-8-18)34-16-21(32)27-15-19-9-11-20(26)12-10-19/h4-12H,3,13-16H2,1-2H3,(H,27,32). The highest BCUT2D eigenvalue weighted by Crippen LogP contribution is 2.20. The van der Waals surface area contributed by atoms with Crippen LogP contribution in [0, 0.1) is 6.92 Å². The number of rotatable bonds is 9. The summed E-state index contributed by atoms with van der Waals surface area (Å²) in [4.78, 5) is 30.8. The molecule has 0 atom stereocenters. The summed E-state index contributed by atoms with van der Waals surface area (Å²) in [6.45, 7) is 5.26. The third-order valence-electron chi connectivity index (χ3n) is 5.48. The molecule has 2 heterocycles. The normalized spacial score (nSPS) is 11.1. The van der Waals surface area contributed by atoms with Crippen molar-refractivity contribution in [3.8, 4) is 0 Å². The van der Waals surface area contributed by atoms with Gasteiger partial charge in [0, 0.05) is 24.7 Å². The van der Waals surface area contributed by atoms with Crippen molar-refractivity contribution in [3.05, 3.63) is 86.8 Å². The van der Waals surface area contributed by atoms with Crippen molar-refractivity contribution in [2.45, 2.75) is 45.1 Å². The SMILES string of the molecule is CCn1nc(C)c2nc(SCC(=O)NCc3ccc(Cl)cc3)n(CCc3ccccc3)c(=O)c21. The molecule has 9 heteroatoms. The number of thioether (sulfide) groups is 1. The summed E-state index contributed by atoms with van der Waals surface area (Å²) in [6.07, 6.45) is 0.684. The molecule has 34 heavy (non-hydrogen) atoms. The Kier molecular flexibility index (Phi) is 7.70. The predicted octanol–water partition coefficient (Wildman–Crippen LogP) is 4.23. The maximum atomic E-state index is 13.5. The van der Waals surface area contributed by atoms with Crippen LogP contribution >= 0.6 is 23.4 Å². The monoisotopic (exact) mass is 495 g/mol. The van der Waals surface area contributed by atoms with Crippen LogP contribution in [-0.4, -0.2) is 31.0 Å². The van der Waals surface area contributed by atoms with E-state index in [2.05, 4.69) is 10.4 Å². The molecule has 0 spiro atoms. The van der Waals surface area contributed by atoms with Gasteiger partial charge in [-0.15, -0.1) is 0 Å². The molecule has 0 bridgehead atoms. The van der Waals surface area contributed by atoms with Crippen LogP contribution in [0.2, 0.25) is 5.02 Å². The lowest BCUT2D eigenvalue weighted by molar-refractivity contribution is -0.118. The minimum atomic E-state index is -0.134. The van der Waals surface area contributed by atoms with Crippen molar-refractivity contribution in [1.82, 2.24) is 24.6 Å². The van der Waals surface area contributed by atoms with E-state index >= 15 is 0 Å². The van der Waals surface area contributed by atoms with Gasteiger partial charge in [-0.05, 0) is 43.5 Å². The summed E-state index contributed by atoms with van der Waals surface area (Å²) in [6, 6.07) is 17.3. The smallest absolute Gasteiger partial charge is 0.280 e. The Morgan fingerprint density at radius 3 is 2.53 bits per heavy atom. The molecule has 0 aliphatic rings. The van der Waals surface area contributed by atoms with E-state index in [0.29, 0.717) is 53.0 Å². The van der Waals surface area contributed by atoms with Gasteiger partial charge in [-0.1, -0.05) is 65.8 Å². The minimum Gasteiger partial charge on any atom is -0.351 e. The first-order chi connectivity index (χ1) is 16.5. The number of aryl methyl sites for hydroxylation is 3. The molecule has 0 aliphatic carbocycles. The van der Waals surface area contributed by atoms with Crippen LogP contribution in [0.15, 0.2) is 64.5 Å². The number of hydrogen-bond donors (Lipinski definition) is 1. The third-order valence-corrected chi connectivity index (χ3v) is 6.71. The highest BCUT2D eigenvalue weighted by molar-refractivity contribution is 7.99. The van der Waals surface area contributed by atoms with Crippen LogP contribution in [-0.2, 0) is 30.8 Å². The van der Waals surface area contributed by atoms with Crippen LogP contribution in [0.4, 0.5) is 0 Å². The zero-order valence-corrected chi connectivity index (χ0v) is 20.7. The molecule has 0 saturated carbocycles. The van der Waals surface area contributed by atoms with Crippen molar-refractivity contribution >= 4 is 40.3 Å². The molecular weight excluding hydrogens is 470 g/mol. The van der Waals surface area contributed by atoms with Crippen molar-refractivity contribution in [1.29, 1.82) is 0 Å². The molecule has 0 fully saturated rings. The minimum absolute atomic E-state index is 0.132. The lowest BCUT2D eigenvalue weighted by Crippen LogP contribution is -2.28. The van der Waals surface area contributed by atoms with Crippen molar-refractivity contribution in [2.75, 3.05) is 5.75 Å². The van der Waals surface area contributed by atoms with E-state index in [1.807, 2.05) is 56.3 Å². The molecule has 7 nitrogen and oxygen atoms in total. The number of carbonyl (C=O) groups excluding carboxylic acids is 1. The lowest BCUT2D eigenvalue weighted by atomic mass is 10.1. The second-order valence-electron chi connectivity index (χ2n) is 7.88. The fourth-order valence-corrected chi connectivity index (χ4v) is 4.67. The van der Waals surface area contributed by atoms with Crippen molar-refractivity contribution in [2.24, 2.45) is 0 Å². The van der Waals surface area contributed by atoms with E-state index in [-0.39, 0.29) is 17.2 Å². The van der Waals surface area contributed by atoms with E-state index in [1.165, 1.54) is 11.8 Å². The Balaban J connectivity index is 1.55. The summed E-state index contributed by atoms with van der Waals surface area (Å²) >= 11 is 7.18. The summed E-state index contributed by atoms with van der Waals surface area (Å²) in [5, 5.41) is 8.56. The van der Waals surface area contributed by atoms with Gasteiger partial charge in [-0.3, -0.25) is 18.8 Å². The van der Waals surface area contributed by atoms with E-state index < -0.39 is 0 Å². The van der Waals surface area contributed by atoms with Crippen LogP contribution in [0.25, 0.3) is 11.0 Å². The average molecular weight is 496 g/mol. The van der Waals surface area contributed by atoms with Gasteiger partial charge in [0.2, 0.25) is 5.91 Å². The molecule has 176 valence electrons. The summed E-state index contributed by atoms with van der Waals surface area (Å²) in [7, 11) is 0. The first kappa shape index (κ1) is 24.0. The molecular formula is C25H26ClN5O2S. The number of nitrogens with one attached hydrogen (secondary N) is 1. The number of benzene rings is 2. The molecule has 2 aromatic heterocycles. The van der Waals surface area contributed by atoms with Gasteiger partial charge >= 0.3 is 0 Å². The van der Waals surface area contributed by atoms with Gasteiger partial charge in [-0.2, -0.15) is 5.10 Å². The van der Waals surface area contributed by atoms with Crippen LogP contribution in [0.1, 0.15) is 23.7 Å². The number of fused-ring (bicyclic) bond motifs is 1. The Labute approximate surface area is 207 Å². The fourth-order valence-electron chi connectivity index (χ4n) is 3.69. The van der Waals surface area contributed by atoms with Gasteiger partial charge in [-0.25, -0.2) is 4.98 Å². The zero-order valence-electron chi connectivity index (χ0n) is 19.1. The van der Waals surface area contributed by atoms with Gasteiger partial charge in [0.1, 0.15) is 5.52 Å². The second kappa shape index (κ2) is 10.9. The number of carbonyl (C=O) groups is 1. The second-order valence-corrected chi connectivity index (χ2v) is 9.26. The van der Waals surface area contributed by atoms with Gasteiger partial charge in [0.25, 0.3) is 5.56 Å². The molecule has 1 amide bonds. The summed E-state index contributed by atoms with van der Waals surface area (Å²) in [5.41, 5.74) is 3.76. The molecule has 0 radical (unpaired) electrons. The topological polar surface area (TPSA) is 81.8 Å². The van der Waals surface area contributed by atoms with E-state index in [4.69, 9.17) is 16.6 Å². The quantitative estimate of drug-likeness (QED) is 0.277. The van der Waals surface area contributed by atoms with Gasteiger partial charge in [0.05, 0.1) is 11.4 Å². The summed E-state index contributed by atoms with van der Waals surface area (Å²) in [5.74, 6) is 0.0163. The molecule has 1 N–H and O–H groups in total. The lowest BCUT2D eigenvalue weighted by Gasteiger charge is -2.13. The van der Waals surface area contributed by atoms with Crippen molar-refractivity contribution in [3.63, 3.8) is 0 Å². The maximum absolute atomic E-state index is 13.5. The third kappa shape index (κ3) is 5.51. The molecule has 4 aromatic rings. The molecule has 0 aliphatic heterocycles. The van der Waals surface area contributed by atoms with Crippen LogP contribution in [0.3, 0.4) is 0 Å². The number of amides is 1. The number of halogens is 1. The molecule has 2 aromatic carbocycles. The Hall–Kier alpha value is -3.10. The van der Waals surface area contributed by atoms with Crippen LogP contribution in [0.5, 0.6) is 0 Å². The maximum Gasteiger partial charge on any atom is 0.280 e. The van der Waals surface area contributed by atoms with E-state index in [9.17, 15) is 9.59 Å². The average Bonchev–Trinajstić information content (AvgIpc) is 3.18. The van der Waals surface area contributed by atoms with Crippen LogP contribution < -0.4 is 10.9 Å². The first-order valence-electron chi connectivity index (χ1n) is 11.1. The fraction of sp³-hybridized carbons (Fsp3) is 0.280. The van der Waals surface area contributed by atoms with E-state index in [1.54, 1.807) is 21.4 Å². The Morgan fingerprint density at radius 2 is 1.82 bits per heavy atom. The number of aromatic nitrogens is 4. The zero-order chi connectivity index (χ0) is 24.1. The van der Waals surface area contributed by atoms with Gasteiger partial charge in [0.15, 0.2) is 10.7 Å². The Morgan fingerprint density at radius 1 is 1.09 bits per heavy atom. The number of hydrogen-bond acceptors (Lipinski definition) is 5. The highest BCUT2D eigenvalue weighted by atomic mass is 35.5. The molecule has 0 saturated heterocycles. The summed E-state index contributed by atoms with van der Waals surface area (Å²) < 4.78 is 3.37. The Bertz CT molecular complexity index is 1350. The largest absolute Gasteiger partial charge is 0.351 e. The highest BCUT2D eigenvalue weighted by Gasteiger charge is 2.19.